The summed E-state index contributed by atoms with van der Waals surface area (Å²) in [5.41, 5.74) is 4.89. The Balaban J connectivity index is 1.67. The first kappa shape index (κ1) is 27.8. The molecule has 4 aromatic rings. The molecule has 0 unspecified atom stereocenters. The molecule has 8 nitrogen and oxygen atoms in total. The van der Waals surface area contributed by atoms with Gasteiger partial charge in [-0.2, -0.15) is 0 Å². The van der Waals surface area contributed by atoms with E-state index in [0.29, 0.717) is 35.8 Å². The standard InChI is InChI=1S/C31H34N2O6/c1-36-11-7-8-20-12-21(22-16-28(37-2)30(39-4)29(17-22)38-3)14-23(13-20)31(35)33-25(19-34)15-24-18-32-27-10-6-5-9-26(24)27/h5-10,12-14,16-18,25,32,34H,11,15,19H2,1-4H3,(H,33,35)/b8-7-/t25-/m1/s1. The zero-order valence-electron chi connectivity index (χ0n) is 22.6. The molecule has 1 aromatic heterocycles. The first-order chi connectivity index (χ1) is 19.0. The van der Waals surface area contributed by atoms with E-state index >= 15 is 0 Å². The van der Waals surface area contributed by atoms with Crippen molar-refractivity contribution < 1.29 is 28.8 Å². The maximum atomic E-state index is 13.5. The quantitative estimate of drug-likeness (QED) is 0.242. The monoisotopic (exact) mass is 530 g/mol. The van der Waals surface area contributed by atoms with E-state index in [9.17, 15) is 9.90 Å². The van der Waals surface area contributed by atoms with Crippen LogP contribution in [0.2, 0.25) is 0 Å². The number of aliphatic hydroxyl groups is 1. The lowest BCUT2D eigenvalue weighted by Gasteiger charge is -2.18. The van der Waals surface area contributed by atoms with E-state index in [1.54, 1.807) is 28.4 Å². The van der Waals surface area contributed by atoms with Gasteiger partial charge in [0, 0.05) is 29.8 Å². The maximum Gasteiger partial charge on any atom is 0.251 e. The number of aromatic nitrogens is 1. The Labute approximate surface area is 228 Å². The lowest BCUT2D eigenvalue weighted by molar-refractivity contribution is 0.0916. The van der Waals surface area contributed by atoms with Crippen LogP contribution in [0.1, 0.15) is 21.5 Å². The number of aliphatic hydroxyl groups excluding tert-OH is 1. The second-order valence-electron chi connectivity index (χ2n) is 9.03. The lowest BCUT2D eigenvalue weighted by atomic mass is 9.98. The van der Waals surface area contributed by atoms with Gasteiger partial charge in [-0.3, -0.25) is 4.79 Å². The predicted octanol–water partition coefficient (Wildman–Crippen LogP) is 4.85. The average Bonchev–Trinajstić information content (AvgIpc) is 3.38. The summed E-state index contributed by atoms with van der Waals surface area (Å²) in [6, 6.07) is 16.8. The van der Waals surface area contributed by atoms with Crippen LogP contribution in [0.3, 0.4) is 0 Å². The molecule has 204 valence electrons. The molecular formula is C31H34N2O6. The van der Waals surface area contributed by atoms with E-state index in [-0.39, 0.29) is 12.5 Å². The number of benzene rings is 3. The highest BCUT2D eigenvalue weighted by Crippen LogP contribution is 2.41. The number of hydrogen-bond acceptors (Lipinski definition) is 6. The number of rotatable bonds is 12. The molecule has 0 bridgehead atoms. The van der Waals surface area contributed by atoms with Crippen LogP contribution in [0.4, 0.5) is 0 Å². The Morgan fingerprint density at radius 2 is 1.69 bits per heavy atom. The molecular weight excluding hydrogens is 496 g/mol. The van der Waals surface area contributed by atoms with Crippen LogP contribution >= 0.6 is 0 Å². The maximum absolute atomic E-state index is 13.5. The van der Waals surface area contributed by atoms with Gasteiger partial charge in [-0.15, -0.1) is 0 Å². The van der Waals surface area contributed by atoms with Crippen LogP contribution in [0.5, 0.6) is 17.2 Å². The first-order valence-electron chi connectivity index (χ1n) is 12.6. The Morgan fingerprint density at radius 3 is 2.36 bits per heavy atom. The number of carbonyl (C=O) groups excluding carboxylic acids is 1. The van der Waals surface area contributed by atoms with Crippen molar-refractivity contribution in [3.8, 4) is 28.4 Å². The van der Waals surface area contributed by atoms with Gasteiger partial charge in [0.25, 0.3) is 5.91 Å². The number of para-hydroxylation sites is 1. The molecule has 4 rings (SSSR count). The van der Waals surface area contributed by atoms with E-state index in [2.05, 4.69) is 10.3 Å². The molecule has 3 aromatic carbocycles. The summed E-state index contributed by atoms with van der Waals surface area (Å²) < 4.78 is 21.7. The topological polar surface area (TPSA) is 102 Å². The third kappa shape index (κ3) is 6.42. The third-order valence-corrected chi connectivity index (χ3v) is 6.49. The molecule has 0 saturated heterocycles. The van der Waals surface area contributed by atoms with Crippen LogP contribution in [0.15, 0.2) is 66.9 Å². The number of aromatic amines is 1. The normalized spacial score (nSPS) is 12.0. The number of hydrogen-bond donors (Lipinski definition) is 3. The van der Waals surface area contributed by atoms with Gasteiger partial charge in [0.1, 0.15) is 0 Å². The summed E-state index contributed by atoms with van der Waals surface area (Å²) in [5.74, 6) is 1.22. The fourth-order valence-electron chi connectivity index (χ4n) is 4.57. The highest BCUT2D eigenvalue weighted by Gasteiger charge is 2.19. The molecule has 1 heterocycles. The molecule has 0 fully saturated rings. The van der Waals surface area contributed by atoms with Crippen LogP contribution in [0.25, 0.3) is 28.1 Å². The van der Waals surface area contributed by atoms with Gasteiger partial charge in [-0.05, 0) is 65.1 Å². The summed E-state index contributed by atoms with van der Waals surface area (Å²) in [6.45, 7) is 0.242. The number of carbonyl (C=O) groups is 1. The van der Waals surface area contributed by atoms with Crippen LogP contribution in [0, 0.1) is 0 Å². The first-order valence-corrected chi connectivity index (χ1v) is 12.6. The molecule has 1 atom stereocenters. The molecule has 0 aliphatic heterocycles. The van der Waals surface area contributed by atoms with Crippen LogP contribution in [-0.2, 0) is 11.2 Å². The van der Waals surface area contributed by atoms with Crippen molar-refractivity contribution in [2.45, 2.75) is 12.5 Å². The van der Waals surface area contributed by atoms with E-state index < -0.39 is 6.04 Å². The minimum atomic E-state index is -0.464. The molecule has 0 saturated carbocycles. The fraction of sp³-hybridized carbons (Fsp3) is 0.258. The fourth-order valence-corrected chi connectivity index (χ4v) is 4.57. The Hall–Kier alpha value is -4.27. The van der Waals surface area contributed by atoms with Gasteiger partial charge in [0.2, 0.25) is 5.75 Å². The van der Waals surface area contributed by atoms with Crippen molar-refractivity contribution in [1.82, 2.24) is 10.3 Å². The van der Waals surface area contributed by atoms with Crippen molar-refractivity contribution in [2.24, 2.45) is 0 Å². The van der Waals surface area contributed by atoms with Gasteiger partial charge >= 0.3 is 0 Å². The number of amides is 1. The van der Waals surface area contributed by atoms with E-state index in [0.717, 1.165) is 33.2 Å². The number of nitrogens with one attached hydrogen (secondary N) is 2. The van der Waals surface area contributed by atoms with Gasteiger partial charge in [-0.1, -0.05) is 30.4 Å². The highest BCUT2D eigenvalue weighted by molar-refractivity contribution is 5.96. The van der Waals surface area contributed by atoms with Gasteiger partial charge in [0.15, 0.2) is 11.5 Å². The van der Waals surface area contributed by atoms with Crippen molar-refractivity contribution >= 4 is 22.9 Å². The van der Waals surface area contributed by atoms with Crippen molar-refractivity contribution in [3.63, 3.8) is 0 Å². The van der Waals surface area contributed by atoms with Crippen molar-refractivity contribution in [1.29, 1.82) is 0 Å². The lowest BCUT2D eigenvalue weighted by Crippen LogP contribution is -2.39. The molecule has 3 N–H and O–H groups in total. The molecule has 8 heteroatoms. The third-order valence-electron chi connectivity index (χ3n) is 6.49. The van der Waals surface area contributed by atoms with E-state index in [1.807, 2.05) is 72.9 Å². The molecule has 39 heavy (non-hydrogen) atoms. The molecule has 1 amide bonds. The van der Waals surface area contributed by atoms with E-state index in [1.165, 1.54) is 0 Å². The molecule has 0 aliphatic carbocycles. The average molecular weight is 531 g/mol. The predicted molar refractivity (Wildman–Crippen MR) is 153 cm³/mol. The van der Waals surface area contributed by atoms with E-state index in [4.69, 9.17) is 18.9 Å². The number of H-pyrrole nitrogens is 1. The largest absolute Gasteiger partial charge is 0.493 e. The summed E-state index contributed by atoms with van der Waals surface area (Å²) in [7, 11) is 6.30. The van der Waals surface area contributed by atoms with Crippen molar-refractivity contribution in [2.75, 3.05) is 41.7 Å². The smallest absolute Gasteiger partial charge is 0.251 e. The summed E-state index contributed by atoms with van der Waals surface area (Å²) >= 11 is 0. The second-order valence-corrected chi connectivity index (χ2v) is 9.03. The zero-order valence-corrected chi connectivity index (χ0v) is 22.6. The molecule has 0 aliphatic rings. The molecule has 0 spiro atoms. The summed E-state index contributed by atoms with van der Waals surface area (Å²) in [4.78, 5) is 16.7. The number of ether oxygens (including phenoxy) is 4. The minimum Gasteiger partial charge on any atom is -0.493 e. The Morgan fingerprint density at radius 1 is 0.974 bits per heavy atom. The zero-order chi connectivity index (χ0) is 27.8. The van der Waals surface area contributed by atoms with Crippen molar-refractivity contribution in [3.05, 3.63) is 83.6 Å². The number of fused-ring (bicyclic) bond motifs is 1. The molecule has 0 radical (unpaired) electrons. The highest BCUT2D eigenvalue weighted by atomic mass is 16.5. The Kier molecular flexibility index (Phi) is 9.25. The minimum absolute atomic E-state index is 0.196. The summed E-state index contributed by atoms with van der Waals surface area (Å²) in [5, 5.41) is 14.2. The van der Waals surface area contributed by atoms with Crippen LogP contribution < -0.4 is 19.5 Å². The van der Waals surface area contributed by atoms with Gasteiger partial charge in [0.05, 0.1) is 40.6 Å². The van der Waals surface area contributed by atoms with Gasteiger partial charge in [-0.25, -0.2) is 0 Å². The Bertz CT molecular complexity index is 1430. The van der Waals surface area contributed by atoms with Crippen LogP contribution in [-0.4, -0.2) is 63.7 Å². The second kappa shape index (κ2) is 13.0. The van der Waals surface area contributed by atoms with Gasteiger partial charge < -0.3 is 34.4 Å². The summed E-state index contributed by atoms with van der Waals surface area (Å²) in [6.07, 6.45) is 6.18. The number of methoxy groups -OCH3 is 4. The SMILES string of the molecule is COC/C=C\c1cc(C(=O)N[C@@H](CO)Cc2c[nH]c3ccccc23)cc(-c2cc(OC)c(OC)c(OC)c2)c1.